The first-order valence-corrected chi connectivity index (χ1v) is 20.3. The molecule has 0 bridgehead atoms. The van der Waals surface area contributed by atoms with Crippen molar-refractivity contribution >= 4 is 49.4 Å². The number of aryl methyl sites for hydroxylation is 1. The zero-order chi connectivity index (χ0) is 42.2. The van der Waals surface area contributed by atoms with Gasteiger partial charge in [0.05, 0.1) is 22.1 Å². The van der Waals surface area contributed by atoms with Gasteiger partial charge in [0.2, 0.25) is 17.2 Å². The lowest BCUT2D eigenvalue weighted by Crippen LogP contribution is -2.44. The molecule has 2 aromatic heterocycles. The van der Waals surface area contributed by atoms with Crippen LogP contribution in [0.1, 0.15) is 34.6 Å². The van der Waals surface area contributed by atoms with Crippen LogP contribution in [-0.2, 0) is 0 Å². The molecule has 11 rings (SSSR count). The van der Waals surface area contributed by atoms with E-state index < -0.39 is 28.7 Å². The van der Waals surface area contributed by atoms with Crippen LogP contribution in [-0.4, -0.2) is 40.5 Å². The predicted octanol–water partition coefficient (Wildman–Crippen LogP) is 10.7. The van der Waals surface area contributed by atoms with Gasteiger partial charge >= 0.3 is 0 Å². The van der Waals surface area contributed by atoms with E-state index in [0.717, 1.165) is 77.5 Å². The van der Waals surface area contributed by atoms with E-state index in [0.29, 0.717) is 11.0 Å². The van der Waals surface area contributed by atoms with Crippen LogP contribution in [0.3, 0.4) is 0 Å². The topological polar surface area (TPSA) is 147 Å². The molecule has 8 aromatic carbocycles. The molecule has 3 heterocycles. The molecule has 2 unspecified atom stereocenters. The van der Waals surface area contributed by atoms with Crippen LogP contribution >= 0.6 is 0 Å². The number of fused-ring (bicyclic) bond motifs is 7. The second-order valence-corrected chi connectivity index (χ2v) is 15.7. The minimum atomic E-state index is -1.01. The fourth-order valence-electron chi connectivity index (χ4n) is 9.13. The predicted molar refractivity (Wildman–Crippen MR) is 245 cm³/mol. The van der Waals surface area contributed by atoms with E-state index in [2.05, 4.69) is 101 Å². The van der Waals surface area contributed by atoms with Crippen LogP contribution in [0.2, 0.25) is 0 Å². The highest BCUT2D eigenvalue weighted by molar-refractivity contribution is 6.26. The van der Waals surface area contributed by atoms with Gasteiger partial charge in [-0.05, 0) is 59.0 Å². The smallest absolute Gasteiger partial charge is 0.208 e. The first-order valence-electron chi connectivity index (χ1n) is 20.3. The van der Waals surface area contributed by atoms with Crippen molar-refractivity contribution in [3.63, 3.8) is 0 Å². The summed E-state index contributed by atoms with van der Waals surface area (Å²) in [4.78, 5) is 5.27. The number of amidine groups is 1. The van der Waals surface area contributed by atoms with Crippen LogP contribution in [0.25, 0.3) is 66.1 Å². The maximum atomic E-state index is 11.2. The Hall–Kier alpha value is -8.21. The van der Waals surface area contributed by atoms with E-state index >= 15 is 0 Å². The summed E-state index contributed by atoms with van der Waals surface area (Å²) in [6, 6.07) is 55.3. The summed E-state index contributed by atoms with van der Waals surface area (Å²) in [6.45, 7) is 2.10. The van der Waals surface area contributed by atoms with Crippen LogP contribution in [0, 0.1) is 6.92 Å². The van der Waals surface area contributed by atoms with Crippen LogP contribution in [0.4, 0.5) is 0 Å². The molecule has 2 atom stereocenters. The second kappa shape index (κ2) is 14.2. The van der Waals surface area contributed by atoms with Crippen LogP contribution in [0.15, 0.2) is 169 Å². The number of nitrogens with zero attached hydrogens (tertiary/aromatic N) is 3. The highest BCUT2D eigenvalue weighted by Gasteiger charge is 2.30. The summed E-state index contributed by atoms with van der Waals surface area (Å²) in [7, 11) is 0. The first-order chi connectivity index (χ1) is 30.3. The van der Waals surface area contributed by atoms with E-state index in [-0.39, 0.29) is 18.0 Å². The third-order valence-corrected chi connectivity index (χ3v) is 12.1. The number of rotatable bonds is 6. The van der Waals surface area contributed by atoms with Gasteiger partial charge in [0.15, 0.2) is 11.5 Å². The zero-order valence-corrected chi connectivity index (χ0v) is 33.3. The molecule has 0 radical (unpaired) electrons. The van der Waals surface area contributed by atoms with E-state index in [1.807, 2.05) is 84.9 Å². The number of para-hydroxylation sites is 2. The Morgan fingerprint density at radius 1 is 0.484 bits per heavy atom. The quantitative estimate of drug-likeness (QED) is 0.0653. The van der Waals surface area contributed by atoms with Crippen molar-refractivity contribution < 1.29 is 25.5 Å². The monoisotopic (exact) mass is 813 g/mol. The average Bonchev–Trinajstić information content (AvgIpc) is 3.83. The molecule has 10 nitrogen and oxygen atoms in total. The molecule has 1 aliphatic heterocycles. The van der Waals surface area contributed by atoms with Crippen LogP contribution in [0.5, 0.6) is 28.7 Å². The Morgan fingerprint density at radius 3 is 1.76 bits per heavy atom. The molecule has 0 fully saturated rings. The Kier molecular flexibility index (Phi) is 8.45. The maximum Gasteiger partial charge on any atom is 0.208 e. The lowest BCUT2D eigenvalue weighted by atomic mass is 10.0. The Bertz CT molecular complexity index is 3400. The third kappa shape index (κ3) is 5.65. The molecular formula is C52H39N5O5. The molecule has 0 saturated carbocycles. The molecule has 10 aromatic rings. The molecule has 302 valence electrons. The third-order valence-electron chi connectivity index (χ3n) is 12.1. The van der Waals surface area contributed by atoms with Crippen molar-refractivity contribution in [1.82, 2.24) is 19.8 Å². The summed E-state index contributed by atoms with van der Waals surface area (Å²) in [5, 5.41) is 65.0. The van der Waals surface area contributed by atoms with Gasteiger partial charge in [-0.25, -0.2) is 4.99 Å². The number of benzene rings is 8. The molecule has 1 aliphatic rings. The van der Waals surface area contributed by atoms with Crippen molar-refractivity contribution in [1.29, 1.82) is 0 Å². The van der Waals surface area contributed by atoms with Gasteiger partial charge in [0, 0.05) is 32.8 Å². The van der Waals surface area contributed by atoms with Crippen molar-refractivity contribution in [2.45, 2.75) is 19.3 Å². The van der Waals surface area contributed by atoms with Gasteiger partial charge in [0.1, 0.15) is 23.9 Å². The fourth-order valence-corrected chi connectivity index (χ4v) is 9.13. The molecule has 62 heavy (non-hydrogen) atoms. The van der Waals surface area contributed by atoms with Gasteiger partial charge in [-0.3, -0.25) is 5.32 Å². The summed E-state index contributed by atoms with van der Waals surface area (Å²) in [5.41, 5.74) is 10.1. The molecule has 0 spiro atoms. The second-order valence-electron chi connectivity index (χ2n) is 15.7. The van der Waals surface area contributed by atoms with Gasteiger partial charge in [-0.1, -0.05) is 140 Å². The van der Waals surface area contributed by atoms with E-state index in [4.69, 9.17) is 4.99 Å². The van der Waals surface area contributed by atoms with Crippen molar-refractivity contribution in [3.05, 3.63) is 186 Å². The van der Waals surface area contributed by atoms with Crippen molar-refractivity contribution in [3.8, 4) is 51.2 Å². The molecular weight excluding hydrogens is 775 g/mol. The van der Waals surface area contributed by atoms with E-state index in [1.165, 1.54) is 0 Å². The minimum absolute atomic E-state index is 0.207. The van der Waals surface area contributed by atoms with E-state index in [9.17, 15) is 25.5 Å². The fraction of sp³-hybridized carbons (Fsp3) is 0.0577. The van der Waals surface area contributed by atoms with Gasteiger partial charge in [-0.15, -0.1) is 0 Å². The normalized spacial score (nSPS) is 15.3. The lowest BCUT2D eigenvalue weighted by Gasteiger charge is -2.32. The largest absolute Gasteiger partial charge is 0.503 e. The summed E-state index contributed by atoms with van der Waals surface area (Å²) in [5.74, 6) is -3.66. The SMILES string of the molecule is Cc1cc(C2N=C(c3ccc(-c4ccccc4)cc3)NC(c3ccccc3)N2)ccc1-n1c2ccccc2c2ccc3c(c4ccccc4n3-c3c(O)c(O)c(O)c(O)c3O)c21. The highest BCUT2D eigenvalue weighted by atomic mass is 16.4. The zero-order valence-electron chi connectivity index (χ0n) is 33.3. The maximum absolute atomic E-state index is 11.2. The number of phenols is 5. The van der Waals surface area contributed by atoms with E-state index in [1.54, 1.807) is 4.57 Å². The van der Waals surface area contributed by atoms with Crippen molar-refractivity contribution in [2.75, 3.05) is 0 Å². The molecule has 10 heteroatoms. The van der Waals surface area contributed by atoms with Crippen LogP contribution < -0.4 is 10.6 Å². The number of nitrogens with one attached hydrogen (secondary N) is 2. The molecule has 0 saturated heterocycles. The minimum Gasteiger partial charge on any atom is -0.503 e. The first kappa shape index (κ1) is 36.8. The molecule has 7 N–H and O–H groups in total. The molecule has 0 amide bonds. The number of aliphatic imine (C=N–C) groups is 1. The molecule has 0 aliphatic carbocycles. The number of phenolic OH excluding ortho intramolecular Hbond substituents is 5. The number of hydrogen-bond acceptors (Lipinski definition) is 8. The lowest BCUT2D eigenvalue weighted by molar-refractivity contribution is 0.327. The van der Waals surface area contributed by atoms with Crippen molar-refractivity contribution in [2.24, 2.45) is 4.99 Å². The van der Waals surface area contributed by atoms with Gasteiger partial charge in [0.25, 0.3) is 0 Å². The average molecular weight is 814 g/mol. The Labute approximate surface area is 355 Å². The standard InChI is InChI=1S/C52H39N5O5/c1-29-28-34(52-54-50(32-14-6-3-7-15-32)53-51(55-52)33-22-20-31(21-23-33)30-12-4-2-5-13-30)24-26-38(29)56-39-18-10-8-16-35(39)36-25-27-41-42(43(36)56)37-17-9-11-19-40(37)57(41)44-45(58)47(60)49(62)48(61)46(44)59/h2-28,50,52,54,58-62H,1H3,(H,53,55). The number of aromatic hydroxyl groups is 5. The number of aromatic nitrogens is 2. The Balaban J connectivity index is 1.08. The van der Waals surface area contributed by atoms with Gasteiger partial charge in [-0.2, -0.15) is 0 Å². The highest BCUT2D eigenvalue weighted by Crippen LogP contribution is 2.54. The Morgan fingerprint density at radius 2 is 1.06 bits per heavy atom. The van der Waals surface area contributed by atoms with Gasteiger partial charge < -0.3 is 40.0 Å². The number of hydrogen-bond donors (Lipinski definition) is 7. The summed E-state index contributed by atoms with van der Waals surface area (Å²) < 4.78 is 3.85. The summed E-state index contributed by atoms with van der Waals surface area (Å²) in [6.07, 6.45) is -0.582. The summed E-state index contributed by atoms with van der Waals surface area (Å²) >= 11 is 0.